The van der Waals surface area contributed by atoms with E-state index in [-0.39, 0.29) is 18.5 Å². The van der Waals surface area contributed by atoms with Crippen molar-refractivity contribution in [2.24, 2.45) is 0 Å². The van der Waals surface area contributed by atoms with Crippen molar-refractivity contribution in [2.45, 2.75) is 39.0 Å². The molecular formula is C19H22ClN5O. The first-order chi connectivity index (χ1) is 12.3. The van der Waals surface area contributed by atoms with Crippen molar-refractivity contribution in [2.75, 3.05) is 6.54 Å². The third-order valence-corrected chi connectivity index (χ3v) is 4.92. The van der Waals surface area contributed by atoms with Gasteiger partial charge in [-0.15, -0.1) is 12.4 Å². The Hall–Kier alpha value is -2.31. The molecule has 2 aliphatic heterocycles. The van der Waals surface area contributed by atoms with Crippen LogP contribution >= 0.6 is 12.4 Å². The third kappa shape index (κ3) is 2.89. The van der Waals surface area contributed by atoms with Gasteiger partial charge in [-0.1, -0.05) is 0 Å². The van der Waals surface area contributed by atoms with Gasteiger partial charge in [-0.2, -0.15) is 5.10 Å². The molecule has 1 aromatic carbocycles. The standard InChI is InChI=1S/C19H21N5O.ClH/c1-13-9-14-10-15(3-4-18(14)25-13)23-8-6-21-19(23)17-11-16-12-20-5-2-7-24(16)22-17;/h3-4,6,8,10-11,13,20H,2,5,7,9,12H2,1H3;1H. The van der Waals surface area contributed by atoms with Crippen molar-refractivity contribution in [3.05, 3.63) is 47.9 Å². The Morgan fingerprint density at radius 1 is 1.27 bits per heavy atom. The summed E-state index contributed by atoms with van der Waals surface area (Å²) < 4.78 is 10.0. The quantitative estimate of drug-likeness (QED) is 0.752. The zero-order valence-electron chi connectivity index (χ0n) is 14.7. The highest BCUT2D eigenvalue weighted by atomic mass is 35.5. The summed E-state index contributed by atoms with van der Waals surface area (Å²) in [6.45, 7) is 4.97. The van der Waals surface area contributed by atoms with Gasteiger partial charge >= 0.3 is 0 Å². The Labute approximate surface area is 158 Å². The summed E-state index contributed by atoms with van der Waals surface area (Å²) in [5, 5.41) is 8.23. The molecule has 0 aliphatic carbocycles. The van der Waals surface area contributed by atoms with E-state index >= 15 is 0 Å². The van der Waals surface area contributed by atoms with Crippen molar-refractivity contribution in [3.63, 3.8) is 0 Å². The number of imidazole rings is 1. The van der Waals surface area contributed by atoms with E-state index in [2.05, 4.69) is 50.7 Å². The summed E-state index contributed by atoms with van der Waals surface area (Å²) in [5.74, 6) is 1.88. The Kier molecular flexibility index (Phi) is 4.46. The number of benzene rings is 1. The molecule has 26 heavy (non-hydrogen) atoms. The molecule has 4 heterocycles. The van der Waals surface area contributed by atoms with Crippen LogP contribution in [0.5, 0.6) is 5.75 Å². The number of rotatable bonds is 2. The number of aryl methyl sites for hydroxylation is 1. The maximum atomic E-state index is 5.81. The van der Waals surface area contributed by atoms with Crippen molar-refractivity contribution in [1.29, 1.82) is 0 Å². The lowest BCUT2D eigenvalue weighted by atomic mass is 10.1. The number of nitrogens with zero attached hydrogens (tertiary/aromatic N) is 4. The van der Waals surface area contributed by atoms with Gasteiger partial charge < -0.3 is 10.1 Å². The second-order valence-corrected chi connectivity index (χ2v) is 6.82. The molecule has 0 spiro atoms. The van der Waals surface area contributed by atoms with Gasteiger partial charge in [0, 0.05) is 37.6 Å². The second kappa shape index (κ2) is 6.78. The number of nitrogens with one attached hydrogen (secondary N) is 1. The van der Waals surface area contributed by atoms with Gasteiger partial charge in [0.05, 0.1) is 5.69 Å². The highest BCUT2D eigenvalue weighted by molar-refractivity contribution is 5.85. The Morgan fingerprint density at radius 3 is 3.12 bits per heavy atom. The minimum absolute atomic E-state index is 0. The fraction of sp³-hybridized carbons (Fsp3) is 0.368. The van der Waals surface area contributed by atoms with Crippen molar-refractivity contribution in [1.82, 2.24) is 24.6 Å². The number of ether oxygens (including phenoxy) is 1. The molecule has 0 amide bonds. The number of hydrogen-bond donors (Lipinski definition) is 1. The van der Waals surface area contributed by atoms with E-state index in [0.29, 0.717) is 0 Å². The average molecular weight is 372 g/mol. The van der Waals surface area contributed by atoms with Crippen molar-refractivity contribution < 1.29 is 4.74 Å². The normalized spacial score (nSPS) is 18.4. The molecular weight excluding hydrogens is 350 g/mol. The molecule has 6 nitrogen and oxygen atoms in total. The third-order valence-electron chi connectivity index (χ3n) is 4.92. The van der Waals surface area contributed by atoms with Crippen molar-refractivity contribution >= 4 is 12.4 Å². The van der Waals surface area contributed by atoms with Crippen LogP contribution in [0.2, 0.25) is 0 Å². The lowest BCUT2D eigenvalue weighted by molar-refractivity contribution is 0.254. The molecule has 136 valence electrons. The molecule has 1 unspecified atom stereocenters. The minimum atomic E-state index is 0. The van der Waals surface area contributed by atoms with E-state index in [4.69, 9.17) is 9.84 Å². The smallest absolute Gasteiger partial charge is 0.165 e. The van der Waals surface area contributed by atoms with Gasteiger partial charge in [-0.25, -0.2) is 4.98 Å². The molecule has 0 radical (unpaired) electrons. The average Bonchev–Trinajstić information content (AvgIpc) is 3.28. The van der Waals surface area contributed by atoms with Crippen LogP contribution in [0.1, 0.15) is 24.6 Å². The second-order valence-electron chi connectivity index (χ2n) is 6.82. The minimum Gasteiger partial charge on any atom is -0.490 e. The molecule has 1 atom stereocenters. The monoisotopic (exact) mass is 371 g/mol. The molecule has 2 aliphatic rings. The van der Waals surface area contributed by atoms with E-state index in [0.717, 1.165) is 55.4 Å². The maximum absolute atomic E-state index is 5.81. The fourth-order valence-electron chi connectivity index (χ4n) is 3.73. The van der Waals surface area contributed by atoms with E-state index < -0.39 is 0 Å². The van der Waals surface area contributed by atoms with Crippen LogP contribution in [-0.4, -0.2) is 32.0 Å². The summed E-state index contributed by atoms with van der Waals surface area (Å²) in [6.07, 6.45) is 6.15. The summed E-state index contributed by atoms with van der Waals surface area (Å²) in [7, 11) is 0. The largest absolute Gasteiger partial charge is 0.490 e. The summed E-state index contributed by atoms with van der Waals surface area (Å²) in [6, 6.07) is 8.50. The molecule has 5 rings (SSSR count). The molecule has 1 N–H and O–H groups in total. The van der Waals surface area contributed by atoms with Gasteiger partial charge in [-0.3, -0.25) is 9.25 Å². The number of aromatic nitrogens is 4. The Morgan fingerprint density at radius 2 is 2.19 bits per heavy atom. The van der Waals surface area contributed by atoms with Crippen LogP contribution in [-0.2, 0) is 19.5 Å². The Balaban J connectivity index is 0.00000168. The summed E-state index contributed by atoms with van der Waals surface area (Å²) in [5.41, 5.74) is 4.51. The molecule has 7 heteroatoms. The molecule has 0 saturated heterocycles. The van der Waals surface area contributed by atoms with Crippen LogP contribution in [0.15, 0.2) is 36.7 Å². The van der Waals surface area contributed by atoms with Gasteiger partial charge in [-0.05, 0) is 49.7 Å². The molecule has 2 aromatic heterocycles. The summed E-state index contributed by atoms with van der Waals surface area (Å²) >= 11 is 0. The number of halogens is 1. The van der Waals surface area contributed by atoms with Gasteiger partial charge in [0.25, 0.3) is 0 Å². The van der Waals surface area contributed by atoms with E-state index in [1.54, 1.807) is 0 Å². The zero-order valence-corrected chi connectivity index (χ0v) is 15.5. The highest BCUT2D eigenvalue weighted by Crippen LogP contribution is 2.31. The SMILES string of the molecule is CC1Cc2cc(-n3ccnc3-c3cc4n(n3)CCCNC4)ccc2O1.Cl. The zero-order chi connectivity index (χ0) is 16.8. The fourth-order valence-corrected chi connectivity index (χ4v) is 3.73. The lowest BCUT2D eigenvalue weighted by Gasteiger charge is -2.08. The molecule has 3 aromatic rings. The maximum Gasteiger partial charge on any atom is 0.165 e. The van der Waals surface area contributed by atoms with Crippen molar-refractivity contribution in [3.8, 4) is 23.0 Å². The lowest BCUT2D eigenvalue weighted by Crippen LogP contribution is -2.11. The molecule has 0 bridgehead atoms. The predicted molar refractivity (Wildman–Crippen MR) is 102 cm³/mol. The predicted octanol–water partition coefficient (Wildman–Crippen LogP) is 2.97. The van der Waals surface area contributed by atoms with Gasteiger partial charge in [0.2, 0.25) is 0 Å². The first-order valence-corrected chi connectivity index (χ1v) is 8.89. The number of hydrogen-bond acceptors (Lipinski definition) is 4. The van der Waals surface area contributed by atoms with Crippen LogP contribution < -0.4 is 10.1 Å². The molecule has 0 saturated carbocycles. The van der Waals surface area contributed by atoms with Crippen LogP contribution in [0.3, 0.4) is 0 Å². The van der Waals surface area contributed by atoms with Crippen LogP contribution in [0.25, 0.3) is 17.2 Å². The van der Waals surface area contributed by atoms with Gasteiger partial charge in [0.15, 0.2) is 5.82 Å². The van der Waals surface area contributed by atoms with E-state index in [1.807, 2.05) is 12.4 Å². The number of fused-ring (bicyclic) bond motifs is 2. The summed E-state index contributed by atoms with van der Waals surface area (Å²) in [4.78, 5) is 4.57. The van der Waals surface area contributed by atoms with Gasteiger partial charge in [0.1, 0.15) is 17.5 Å². The van der Waals surface area contributed by atoms with Crippen LogP contribution in [0, 0.1) is 0 Å². The first kappa shape index (κ1) is 17.1. The first-order valence-electron chi connectivity index (χ1n) is 8.89. The van der Waals surface area contributed by atoms with E-state index in [9.17, 15) is 0 Å². The molecule has 0 fully saturated rings. The van der Waals surface area contributed by atoms with Crippen LogP contribution in [0.4, 0.5) is 0 Å². The van der Waals surface area contributed by atoms with E-state index in [1.165, 1.54) is 11.3 Å². The Bertz CT molecular complexity index is 908. The topological polar surface area (TPSA) is 56.9 Å². The highest BCUT2D eigenvalue weighted by Gasteiger charge is 2.21.